The second kappa shape index (κ2) is 9.12. The molecule has 0 unspecified atom stereocenters. The molecule has 2 rings (SSSR count). The summed E-state index contributed by atoms with van der Waals surface area (Å²) in [7, 11) is 1.82. The Bertz CT molecular complexity index is 671. The average molecular weight is 350 g/mol. The van der Waals surface area contributed by atoms with Crippen molar-refractivity contribution in [2.45, 2.75) is 27.0 Å². The molecule has 1 heterocycles. The van der Waals surface area contributed by atoms with Crippen LogP contribution >= 0.6 is 0 Å². The lowest BCUT2D eigenvalue weighted by Gasteiger charge is -2.22. The highest BCUT2D eigenvalue weighted by Crippen LogP contribution is 2.12. The normalized spacial score (nSPS) is 10.9. The molecular weight excluding hydrogens is 327 g/mol. The van der Waals surface area contributed by atoms with Crippen LogP contribution in [0.25, 0.3) is 0 Å². The molecule has 0 radical (unpaired) electrons. The molecule has 0 aliphatic carbocycles. The van der Waals surface area contributed by atoms with Crippen LogP contribution in [-0.4, -0.2) is 52.5 Å². The summed E-state index contributed by atoms with van der Waals surface area (Å²) in [5.41, 5.74) is 0. The number of benzene rings is 1. The number of rotatable bonds is 9. The lowest BCUT2D eigenvalue weighted by atomic mass is 10.3. The van der Waals surface area contributed by atoms with Gasteiger partial charge in [-0.2, -0.15) is 4.98 Å². The van der Waals surface area contributed by atoms with E-state index in [9.17, 15) is 9.18 Å². The topological polar surface area (TPSA) is 71.7 Å². The summed E-state index contributed by atoms with van der Waals surface area (Å²) < 4.78 is 23.5. The molecule has 0 bridgehead atoms. The molecule has 7 nitrogen and oxygen atoms in total. The van der Waals surface area contributed by atoms with Crippen molar-refractivity contribution in [1.82, 2.24) is 19.9 Å². The van der Waals surface area contributed by atoms with Crippen LogP contribution in [0.1, 0.15) is 25.6 Å². The van der Waals surface area contributed by atoms with E-state index in [1.54, 1.807) is 4.90 Å². The van der Waals surface area contributed by atoms with Crippen LogP contribution in [0.15, 0.2) is 28.8 Å². The van der Waals surface area contributed by atoms with Crippen molar-refractivity contribution >= 4 is 5.91 Å². The van der Waals surface area contributed by atoms with Crippen LogP contribution in [0, 0.1) is 5.82 Å². The lowest BCUT2D eigenvalue weighted by molar-refractivity contribution is -0.131. The highest BCUT2D eigenvalue weighted by atomic mass is 19.1. The molecule has 0 aliphatic heterocycles. The zero-order chi connectivity index (χ0) is 18.2. The highest BCUT2D eigenvalue weighted by molar-refractivity contribution is 5.78. The standard InChI is InChI=1S/C17H23FN4O3/c1-4-22(5-2)17(23)11-21(3)10-16-19-15(20-25-16)12-24-14-8-6-13(18)7-9-14/h6-9H,4-5,10-12H2,1-3H3. The van der Waals surface area contributed by atoms with E-state index in [2.05, 4.69) is 10.1 Å². The van der Waals surface area contributed by atoms with E-state index in [4.69, 9.17) is 9.26 Å². The first kappa shape index (κ1) is 18.9. The fourth-order valence-electron chi connectivity index (χ4n) is 2.29. The molecule has 136 valence electrons. The minimum atomic E-state index is -0.323. The van der Waals surface area contributed by atoms with Gasteiger partial charge in [-0.15, -0.1) is 0 Å². The largest absolute Gasteiger partial charge is 0.485 e. The minimum Gasteiger partial charge on any atom is -0.485 e. The SMILES string of the molecule is CCN(CC)C(=O)CN(C)Cc1nc(COc2ccc(F)cc2)no1. The third-order valence-electron chi connectivity index (χ3n) is 3.62. The van der Waals surface area contributed by atoms with Gasteiger partial charge >= 0.3 is 0 Å². The van der Waals surface area contributed by atoms with Gasteiger partial charge in [0.25, 0.3) is 0 Å². The summed E-state index contributed by atoms with van der Waals surface area (Å²) in [6, 6.07) is 5.70. The zero-order valence-corrected chi connectivity index (χ0v) is 14.7. The smallest absolute Gasteiger partial charge is 0.240 e. The van der Waals surface area contributed by atoms with E-state index in [0.717, 1.165) is 0 Å². The molecule has 8 heteroatoms. The van der Waals surface area contributed by atoms with Gasteiger partial charge < -0.3 is 14.2 Å². The Morgan fingerprint density at radius 2 is 1.92 bits per heavy atom. The van der Waals surface area contributed by atoms with E-state index in [1.807, 2.05) is 25.8 Å². The third-order valence-corrected chi connectivity index (χ3v) is 3.62. The summed E-state index contributed by atoms with van der Waals surface area (Å²) in [6.07, 6.45) is 0. The molecule has 0 aliphatic rings. The van der Waals surface area contributed by atoms with Crippen molar-refractivity contribution in [2.75, 3.05) is 26.7 Å². The molecule has 0 atom stereocenters. The number of hydrogen-bond acceptors (Lipinski definition) is 6. The van der Waals surface area contributed by atoms with Gasteiger partial charge in [0.1, 0.15) is 11.6 Å². The first-order chi connectivity index (χ1) is 12.0. The maximum atomic E-state index is 12.8. The Balaban J connectivity index is 1.82. The molecule has 0 fully saturated rings. The van der Waals surface area contributed by atoms with Crippen LogP contribution in [0.3, 0.4) is 0 Å². The fraction of sp³-hybridized carbons (Fsp3) is 0.471. The van der Waals surface area contributed by atoms with Crippen LogP contribution in [0.5, 0.6) is 5.75 Å². The summed E-state index contributed by atoms with van der Waals surface area (Å²) in [6.45, 7) is 6.06. The van der Waals surface area contributed by atoms with Gasteiger partial charge in [0.05, 0.1) is 13.1 Å². The first-order valence-corrected chi connectivity index (χ1v) is 8.18. The molecule has 0 N–H and O–H groups in total. The number of carbonyl (C=O) groups excluding carboxylic acids is 1. The third kappa shape index (κ3) is 5.82. The molecule has 1 aromatic heterocycles. The van der Waals surface area contributed by atoms with Crippen molar-refractivity contribution < 1.29 is 18.4 Å². The van der Waals surface area contributed by atoms with E-state index in [-0.39, 0.29) is 24.9 Å². The van der Waals surface area contributed by atoms with Crippen molar-refractivity contribution in [2.24, 2.45) is 0 Å². The van der Waals surface area contributed by atoms with Gasteiger partial charge in [-0.3, -0.25) is 9.69 Å². The molecule has 2 aromatic rings. The van der Waals surface area contributed by atoms with Crippen molar-refractivity contribution in [3.63, 3.8) is 0 Å². The van der Waals surface area contributed by atoms with Gasteiger partial charge in [-0.25, -0.2) is 4.39 Å². The van der Waals surface area contributed by atoms with Crippen molar-refractivity contribution in [3.8, 4) is 5.75 Å². The van der Waals surface area contributed by atoms with Crippen molar-refractivity contribution in [1.29, 1.82) is 0 Å². The molecular formula is C17H23FN4O3. The molecule has 1 aromatic carbocycles. The van der Waals surface area contributed by atoms with E-state index in [1.165, 1.54) is 24.3 Å². The Morgan fingerprint density at radius 3 is 2.56 bits per heavy atom. The number of halogens is 1. The van der Waals surface area contributed by atoms with Gasteiger partial charge in [-0.05, 0) is 45.2 Å². The molecule has 0 saturated heterocycles. The summed E-state index contributed by atoms with van der Waals surface area (Å²) in [4.78, 5) is 19.9. The van der Waals surface area contributed by atoms with Crippen LogP contribution in [-0.2, 0) is 17.9 Å². The molecule has 0 spiro atoms. The highest BCUT2D eigenvalue weighted by Gasteiger charge is 2.15. The summed E-state index contributed by atoms with van der Waals surface area (Å²) in [5.74, 6) is 1.06. The number of ether oxygens (including phenoxy) is 1. The Hall–Kier alpha value is -2.48. The number of nitrogens with zero attached hydrogens (tertiary/aromatic N) is 4. The quantitative estimate of drug-likeness (QED) is 0.690. The Labute approximate surface area is 146 Å². The van der Waals surface area contributed by atoms with Gasteiger partial charge in [0.15, 0.2) is 6.61 Å². The zero-order valence-electron chi connectivity index (χ0n) is 14.7. The minimum absolute atomic E-state index is 0.0619. The Kier molecular flexibility index (Phi) is 6.88. The number of likely N-dealkylation sites (N-methyl/N-ethyl adjacent to an activating group) is 2. The number of carbonyl (C=O) groups is 1. The summed E-state index contributed by atoms with van der Waals surface area (Å²) in [5, 5.41) is 3.84. The maximum Gasteiger partial charge on any atom is 0.240 e. The second-order valence-electron chi connectivity index (χ2n) is 5.59. The number of hydrogen-bond donors (Lipinski definition) is 0. The fourth-order valence-corrected chi connectivity index (χ4v) is 2.29. The predicted molar refractivity (Wildman–Crippen MR) is 89.3 cm³/mol. The molecule has 1 amide bonds. The average Bonchev–Trinajstić information content (AvgIpc) is 3.02. The van der Waals surface area contributed by atoms with Gasteiger partial charge in [0.2, 0.25) is 17.6 Å². The van der Waals surface area contributed by atoms with Gasteiger partial charge in [-0.1, -0.05) is 5.16 Å². The molecule has 0 saturated carbocycles. The van der Waals surface area contributed by atoms with Crippen molar-refractivity contribution in [3.05, 3.63) is 41.8 Å². The maximum absolute atomic E-state index is 12.8. The first-order valence-electron chi connectivity index (χ1n) is 8.18. The second-order valence-corrected chi connectivity index (χ2v) is 5.59. The van der Waals surface area contributed by atoms with Gasteiger partial charge in [0, 0.05) is 13.1 Å². The summed E-state index contributed by atoms with van der Waals surface area (Å²) >= 11 is 0. The van der Waals surface area contributed by atoms with Crippen LogP contribution < -0.4 is 4.74 Å². The Morgan fingerprint density at radius 1 is 1.24 bits per heavy atom. The van der Waals surface area contributed by atoms with Crippen LogP contribution in [0.4, 0.5) is 4.39 Å². The van der Waals surface area contributed by atoms with E-state index >= 15 is 0 Å². The molecule has 25 heavy (non-hydrogen) atoms. The number of aromatic nitrogens is 2. The predicted octanol–water partition coefficient (Wildman–Crippen LogP) is 2.09. The lowest BCUT2D eigenvalue weighted by Crippen LogP contribution is -2.38. The number of amides is 1. The monoisotopic (exact) mass is 350 g/mol. The van der Waals surface area contributed by atoms with Crippen LogP contribution in [0.2, 0.25) is 0 Å². The van der Waals surface area contributed by atoms with E-state index in [0.29, 0.717) is 37.1 Å². The van der Waals surface area contributed by atoms with E-state index < -0.39 is 0 Å².